The molecular formula is C22H21N3O4. The Balaban J connectivity index is 1.46. The van der Waals surface area contributed by atoms with Gasteiger partial charge in [-0.2, -0.15) is 0 Å². The Kier molecular flexibility index (Phi) is 4.90. The lowest BCUT2D eigenvalue weighted by Crippen LogP contribution is -2.48. The third-order valence-electron chi connectivity index (χ3n) is 5.23. The first-order valence-electron chi connectivity index (χ1n) is 9.30. The fourth-order valence-corrected chi connectivity index (χ4v) is 3.67. The van der Waals surface area contributed by atoms with Crippen molar-refractivity contribution < 1.29 is 19.1 Å². The minimum absolute atomic E-state index is 0.427. The van der Waals surface area contributed by atoms with Crippen molar-refractivity contribution in [3.05, 3.63) is 72.8 Å². The number of aromatic nitrogens is 1. The summed E-state index contributed by atoms with van der Waals surface area (Å²) in [5, 5.41) is 16.3. The topological polar surface area (TPSA) is 104 Å². The van der Waals surface area contributed by atoms with Crippen LogP contribution in [-0.2, 0) is 16.0 Å². The fourth-order valence-electron chi connectivity index (χ4n) is 3.67. The molecule has 0 radical (unpaired) electrons. The van der Waals surface area contributed by atoms with Gasteiger partial charge in [-0.3, -0.25) is 9.59 Å². The fraction of sp³-hybridized carbons (Fsp3) is 0.227. The first-order valence-corrected chi connectivity index (χ1v) is 9.30. The van der Waals surface area contributed by atoms with Crippen molar-refractivity contribution in [1.29, 1.82) is 0 Å². The molecule has 4 rings (SSSR count). The zero-order valence-corrected chi connectivity index (χ0v) is 15.8. The molecule has 3 aromatic rings. The van der Waals surface area contributed by atoms with Gasteiger partial charge in [0, 0.05) is 11.3 Å². The lowest BCUT2D eigenvalue weighted by Gasteiger charge is -2.29. The largest absolute Gasteiger partial charge is 0.444 e. The smallest absolute Gasteiger partial charge is 0.239 e. The standard InChI is InChI=1S/C22H21N3O4/c1-22(11-14-5-3-2-4-6-14)19(26)18(21(28)25-22)20(27)24-16-9-7-15(8-10-16)17-12-23-13-29-17/h2-10,12-13,18-19,26H,11H2,1H3,(H,24,27)(H,25,28). The maximum Gasteiger partial charge on any atom is 0.239 e. The lowest BCUT2D eigenvalue weighted by atomic mass is 9.85. The second-order valence-corrected chi connectivity index (χ2v) is 7.42. The van der Waals surface area contributed by atoms with Crippen LogP contribution in [0.3, 0.4) is 0 Å². The number of nitrogens with zero attached hydrogens (tertiary/aromatic N) is 1. The Morgan fingerprint density at radius 1 is 1.21 bits per heavy atom. The summed E-state index contributed by atoms with van der Waals surface area (Å²) in [5.41, 5.74) is 1.39. The number of carbonyl (C=O) groups is 2. The summed E-state index contributed by atoms with van der Waals surface area (Å²) < 4.78 is 5.24. The van der Waals surface area contributed by atoms with Crippen molar-refractivity contribution in [2.45, 2.75) is 25.0 Å². The molecule has 7 heteroatoms. The number of amides is 2. The summed E-state index contributed by atoms with van der Waals surface area (Å²) in [5.74, 6) is -1.59. The highest BCUT2D eigenvalue weighted by Gasteiger charge is 2.52. The quantitative estimate of drug-likeness (QED) is 0.580. The molecule has 1 aliphatic rings. The normalized spacial score (nSPS) is 23.6. The molecule has 3 unspecified atom stereocenters. The summed E-state index contributed by atoms with van der Waals surface area (Å²) in [6.45, 7) is 1.75. The van der Waals surface area contributed by atoms with Crippen LogP contribution in [0.5, 0.6) is 0 Å². The highest BCUT2D eigenvalue weighted by Crippen LogP contribution is 2.30. The Hall–Kier alpha value is -3.45. The number of rotatable bonds is 5. The van der Waals surface area contributed by atoms with E-state index < -0.39 is 29.4 Å². The molecule has 3 atom stereocenters. The minimum atomic E-state index is -1.18. The van der Waals surface area contributed by atoms with Crippen LogP contribution in [0.4, 0.5) is 5.69 Å². The second-order valence-electron chi connectivity index (χ2n) is 7.42. The van der Waals surface area contributed by atoms with E-state index in [2.05, 4.69) is 15.6 Å². The van der Waals surface area contributed by atoms with Crippen LogP contribution in [0.1, 0.15) is 12.5 Å². The van der Waals surface area contributed by atoms with E-state index in [1.807, 2.05) is 30.3 Å². The Labute approximate surface area is 167 Å². The maximum absolute atomic E-state index is 12.7. The monoisotopic (exact) mass is 391 g/mol. The summed E-state index contributed by atoms with van der Waals surface area (Å²) in [7, 11) is 0. The van der Waals surface area contributed by atoms with Crippen molar-refractivity contribution in [2.24, 2.45) is 5.92 Å². The van der Waals surface area contributed by atoms with Crippen molar-refractivity contribution in [2.75, 3.05) is 5.32 Å². The van der Waals surface area contributed by atoms with Crippen LogP contribution in [0.15, 0.2) is 71.6 Å². The summed E-state index contributed by atoms with van der Waals surface area (Å²) >= 11 is 0. The summed E-state index contributed by atoms with van der Waals surface area (Å²) in [6, 6.07) is 16.5. The molecule has 1 saturated heterocycles. The first-order chi connectivity index (χ1) is 14.0. The predicted octanol–water partition coefficient (Wildman–Crippen LogP) is 2.39. The van der Waals surface area contributed by atoms with E-state index in [-0.39, 0.29) is 0 Å². The molecule has 1 fully saturated rings. The van der Waals surface area contributed by atoms with Crippen molar-refractivity contribution in [3.8, 4) is 11.3 Å². The second kappa shape index (κ2) is 7.52. The molecule has 0 aliphatic carbocycles. The van der Waals surface area contributed by atoms with Gasteiger partial charge in [0.1, 0.15) is 5.92 Å². The highest BCUT2D eigenvalue weighted by molar-refractivity contribution is 6.08. The van der Waals surface area contributed by atoms with Crippen molar-refractivity contribution in [1.82, 2.24) is 10.3 Å². The zero-order valence-electron chi connectivity index (χ0n) is 15.8. The maximum atomic E-state index is 12.7. The van der Waals surface area contributed by atoms with Crippen LogP contribution >= 0.6 is 0 Å². The van der Waals surface area contributed by atoms with E-state index in [9.17, 15) is 14.7 Å². The van der Waals surface area contributed by atoms with E-state index in [0.29, 0.717) is 17.9 Å². The third kappa shape index (κ3) is 3.77. The molecule has 3 N–H and O–H groups in total. The van der Waals surface area contributed by atoms with Gasteiger partial charge in [-0.1, -0.05) is 30.3 Å². The molecule has 1 aliphatic heterocycles. The van der Waals surface area contributed by atoms with Crippen LogP contribution < -0.4 is 10.6 Å². The number of carbonyl (C=O) groups excluding carboxylic acids is 2. The Bertz CT molecular complexity index is 1000. The molecular weight excluding hydrogens is 370 g/mol. The van der Waals surface area contributed by atoms with Gasteiger partial charge in [-0.05, 0) is 43.2 Å². The molecule has 2 amide bonds. The average molecular weight is 391 g/mol. The van der Waals surface area contributed by atoms with E-state index in [4.69, 9.17) is 4.42 Å². The van der Waals surface area contributed by atoms with Gasteiger partial charge in [-0.25, -0.2) is 4.98 Å². The summed E-state index contributed by atoms with van der Waals surface area (Å²) in [4.78, 5) is 29.1. The lowest BCUT2D eigenvalue weighted by molar-refractivity contribution is -0.132. The van der Waals surface area contributed by atoms with E-state index in [0.717, 1.165) is 11.1 Å². The average Bonchev–Trinajstić information content (AvgIpc) is 3.30. The number of aliphatic hydroxyl groups excluding tert-OH is 1. The molecule has 2 heterocycles. The van der Waals surface area contributed by atoms with Gasteiger partial charge in [0.15, 0.2) is 12.2 Å². The SMILES string of the molecule is CC1(Cc2ccccc2)NC(=O)C(C(=O)Nc2ccc(-c3cnco3)cc2)C1O. The van der Waals surface area contributed by atoms with Crippen LogP contribution in [0.2, 0.25) is 0 Å². The van der Waals surface area contributed by atoms with Gasteiger partial charge in [-0.15, -0.1) is 0 Å². The number of nitrogens with one attached hydrogen (secondary N) is 2. The third-order valence-corrected chi connectivity index (χ3v) is 5.23. The van der Waals surface area contributed by atoms with Crippen LogP contribution in [0, 0.1) is 5.92 Å². The summed E-state index contributed by atoms with van der Waals surface area (Å²) in [6.07, 6.45) is 2.22. The number of anilines is 1. The minimum Gasteiger partial charge on any atom is -0.444 e. The first kappa shape index (κ1) is 18.9. The van der Waals surface area contributed by atoms with Gasteiger partial charge in [0.25, 0.3) is 0 Å². The Morgan fingerprint density at radius 2 is 1.93 bits per heavy atom. The van der Waals surface area contributed by atoms with Crippen molar-refractivity contribution >= 4 is 17.5 Å². The predicted molar refractivity (Wildman–Crippen MR) is 107 cm³/mol. The van der Waals surface area contributed by atoms with Gasteiger partial charge >= 0.3 is 0 Å². The number of aliphatic hydroxyl groups is 1. The number of benzene rings is 2. The van der Waals surface area contributed by atoms with E-state index >= 15 is 0 Å². The number of hydrogen-bond acceptors (Lipinski definition) is 5. The molecule has 0 saturated carbocycles. The van der Waals surface area contributed by atoms with Crippen LogP contribution in [0.25, 0.3) is 11.3 Å². The van der Waals surface area contributed by atoms with E-state index in [1.54, 1.807) is 37.4 Å². The molecule has 0 spiro atoms. The molecule has 148 valence electrons. The van der Waals surface area contributed by atoms with Gasteiger partial charge in [0.05, 0.1) is 17.8 Å². The molecule has 7 nitrogen and oxygen atoms in total. The molecule has 29 heavy (non-hydrogen) atoms. The highest BCUT2D eigenvalue weighted by atomic mass is 16.3. The number of oxazole rings is 1. The van der Waals surface area contributed by atoms with Crippen molar-refractivity contribution in [3.63, 3.8) is 0 Å². The van der Waals surface area contributed by atoms with Gasteiger partial charge < -0.3 is 20.2 Å². The molecule has 2 aromatic carbocycles. The Morgan fingerprint density at radius 3 is 2.59 bits per heavy atom. The van der Waals surface area contributed by atoms with E-state index in [1.165, 1.54) is 6.39 Å². The van der Waals surface area contributed by atoms with Gasteiger partial charge in [0.2, 0.25) is 11.8 Å². The zero-order chi connectivity index (χ0) is 20.4. The number of hydrogen-bond donors (Lipinski definition) is 3. The van der Waals surface area contributed by atoms with Crippen LogP contribution in [-0.4, -0.2) is 33.5 Å². The molecule has 0 bridgehead atoms. The molecule has 1 aromatic heterocycles.